The van der Waals surface area contributed by atoms with Crippen LogP contribution in [0.4, 0.5) is 27.6 Å². The molecule has 0 bridgehead atoms. The fourth-order valence-electron chi connectivity index (χ4n) is 2.99. The second kappa shape index (κ2) is 8.65. The molecule has 13 heteroatoms. The van der Waals surface area contributed by atoms with Gasteiger partial charge in [0.2, 0.25) is 12.7 Å². The van der Waals surface area contributed by atoms with Crippen LogP contribution in [0, 0.1) is 5.82 Å². The normalized spacial score (nSPS) is 21.4. The highest BCUT2D eigenvalue weighted by molar-refractivity contribution is 8.14. The van der Waals surface area contributed by atoms with Crippen LogP contribution in [0.5, 0.6) is 5.88 Å². The Bertz CT molecular complexity index is 1000. The van der Waals surface area contributed by atoms with E-state index in [-0.39, 0.29) is 28.0 Å². The number of amides is 1. The van der Waals surface area contributed by atoms with E-state index in [0.717, 1.165) is 18.5 Å². The predicted molar refractivity (Wildman–Crippen MR) is 104 cm³/mol. The molecule has 3 rings (SSSR count). The number of aromatic nitrogens is 2. The van der Waals surface area contributed by atoms with Crippen molar-refractivity contribution in [3.8, 4) is 5.88 Å². The van der Waals surface area contributed by atoms with Crippen LogP contribution in [-0.2, 0) is 5.54 Å². The average molecular weight is 461 g/mol. The molecule has 0 fully saturated rings. The molecule has 1 aliphatic rings. The van der Waals surface area contributed by atoms with Crippen LogP contribution in [0.3, 0.4) is 0 Å². The second-order valence-electron chi connectivity index (χ2n) is 6.72. The fraction of sp³-hybridized carbons (Fsp3) is 0.333. The molecule has 2 atom stereocenters. The largest absolute Gasteiger partial charge is 0.445 e. The number of ether oxygens (including phenoxy) is 1. The molecule has 0 spiro atoms. The standard InChI is InChI=1S/C18H16F5N5O2S/c1-17(5-13(18(21,22)23)31-16(24)28-17)10-4-9(2-3-11(10)20)27-15(29)12-6-26-14(7-25-12)30-8-19/h2-4,6-7,13H,5,8H2,1H3,(H2,24,28)(H,27,29)/t13-,17-/m0/s1. The van der Waals surface area contributed by atoms with Crippen LogP contribution < -0.4 is 15.8 Å². The third-order valence-electron chi connectivity index (χ3n) is 4.44. The maximum atomic E-state index is 14.5. The number of amidine groups is 1. The summed E-state index contributed by atoms with van der Waals surface area (Å²) >= 11 is 0.374. The summed E-state index contributed by atoms with van der Waals surface area (Å²) in [5, 5.41) is 0.293. The molecule has 0 unspecified atom stereocenters. The van der Waals surface area contributed by atoms with Crippen molar-refractivity contribution < 1.29 is 31.5 Å². The molecule has 1 aliphatic heterocycles. The molecule has 3 N–H and O–H groups in total. The Hall–Kier alpha value is -2.96. The molecule has 166 valence electrons. The molecule has 2 aromatic rings. The molecular weight excluding hydrogens is 445 g/mol. The summed E-state index contributed by atoms with van der Waals surface area (Å²) in [5.41, 5.74) is 3.80. The molecule has 31 heavy (non-hydrogen) atoms. The van der Waals surface area contributed by atoms with Crippen LogP contribution in [0.15, 0.2) is 35.6 Å². The van der Waals surface area contributed by atoms with Crippen molar-refractivity contribution in [2.24, 2.45) is 10.7 Å². The van der Waals surface area contributed by atoms with Gasteiger partial charge in [-0.15, -0.1) is 0 Å². The molecule has 7 nitrogen and oxygen atoms in total. The number of alkyl halides is 4. The lowest BCUT2D eigenvalue weighted by Gasteiger charge is -2.35. The van der Waals surface area contributed by atoms with Gasteiger partial charge in [0.25, 0.3) is 5.91 Å². The number of aliphatic imine (C=N–C) groups is 1. The topological polar surface area (TPSA) is 102 Å². The Morgan fingerprint density at radius 1 is 1.35 bits per heavy atom. The van der Waals surface area contributed by atoms with E-state index in [2.05, 4.69) is 25.0 Å². The molecule has 0 radical (unpaired) electrons. The third-order valence-corrected chi connectivity index (χ3v) is 5.49. The minimum Gasteiger partial charge on any atom is -0.445 e. The lowest BCUT2D eigenvalue weighted by atomic mass is 9.86. The van der Waals surface area contributed by atoms with Gasteiger partial charge in [0.15, 0.2) is 5.17 Å². The summed E-state index contributed by atoms with van der Waals surface area (Å²) in [6, 6.07) is 3.44. The maximum Gasteiger partial charge on any atom is 0.401 e. The Morgan fingerprint density at radius 2 is 2.10 bits per heavy atom. The lowest BCUT2D eigenvalue weighted by Crippen LogP contribution is -2.40. The van der Waals surface area contributed by atoms with Gasteiger partial charge in [-0.3, -0.25) is 9.79 Å². The number of rotatable bonds is 5. The first-order valence-electron chi connectivity index (χ1n) is 8.73. The summed E-state index contributed by atoms with van der Waals surface area (Å²) < 4.78 is 70.9. The quantitative estimate of drug-likeness (QED) is 0.658. The van der Waals surface area contributed by atoms with Crippen LogP contribution in [0.1, 0.15) is 29.4 Å². The second-order valence-corrected chi connectivity index (χ2v) is 7.94. The monoisotopic (exact) mass is 461 g/mol. The zero-order valence-corrected chi connectivity index (χ0v) is 16.7. The highest BCUT2D eigenvalue weighted by atomic mass is 32.2. The number of carbonyl (C=O) groups is 1. The summed E-state index contributed by atoms with van der Waals surface area (Å²) in [4.78, 5) is 23.9. The Kier molecular flexibility index (Phi) is 6.34. The van der Waals surface area contributed by atoms with E-state index in [9.17, 15) is 26.7 Å². The van der Waals surface area contributed by atoms with E-state index >= 15 is 0 Å². The van der Waals surface area contributed by atoms with Gasteiger partial charge >= 0.3 is 6.18 Å². The maximum absolute atomic E-state index is 14.5. The first-order chi connectivity index (χ1) is 14.5. The van der Waals surface area contributed by atoms with E-state index in [1.54, 1.807) is 0 Å². The number of hydrogen-bond acceptors (Lipinski definition) is 7. The SMILES string of the molecule is C[C@@]1(c2cc(NC(=O)c3cnc(OCF)cn3)ccc2F)C[C@@H](C(F)(F)F)SC(N)=N1. The van der Waals surface area contributed by atoms with Gasteiger partial charge in [0.1, 0.15) is 16.8 Å². The van der Waals surface area contributed by atoms with E-state index in [0.29, 0.717) is 11.8 Å². The van der Waals surface area contributed by atoms with Crippen molar-refractivity contribution in [2.75, 3.05) is 12.2 Å². The van der Waals surface area contributed by atoms with Crippen LogP contribution in [0.2, 0.25) is 0 Å². The predicted octanol–water partition coefficient (Wildman–Crippen LogP) is 3.77. The van der Waals surface area contributed by atoms with E-state index in [4.69, 9.17) is 5.73 Å². The molecule has 1 amide bonds. The van der Waals surface area contributed by atoms with Crippen molar-refractivity contribution in [3.63, 3.8) is 0 Å². The number of nitrogens with zero attached hydrogens (tertiary/aromatic N) is 3. The van der Waals surface area contributed by atoms with Crippen LogP contribution in [0.25, 0.3) is 0 Å². The number of thioether (sulfide) groups is 1. The van der Waals surface area contributed by atoms with Gasteiger partial charge in [0, 0.05) is 11.3 Å². The fourth-order valence-corrected chi connectivity index (χ4v) is 4.08. The highest BCUT2D eigenvalue weighted by Gasteiger charge is 2.48. The Morgan fingerprint density at radius 3 is 2.71 bits per heavy atom. The number of nitrogens with one attached hydrogen (secondary N) is 1. The van der Waals surface area contributed by atoms with Crippen molar-refractivity contribution in [1.82, 2.24) is 9.97 Å². The van der Waals surface area contributed by atoms with Crippen molar-refractivity contribution in [2.45, 2.75) is 30.3 Å². The van der Waals surface area contributed by atoms with E-state index in [1.165, 1.54) is 19.1 Å². The minimum absolute atomic E-state index is 0.101. The van der Waals surface area contributed by atoms with Gasteiger partial charge in [-0.25, -0.2) is 18.7 Å². The third kappa shape index (κ3) is 5.21. The molecule has 0 saturated heterocycles. The van der Waals surface area contributed by atoms with Crippen molar-refractivity contribution >= 4 is 28.5 Å². The van der Waals surface area contributed by atoms with E-state index < -0.39 is 42.0 Å². The van der Waals surface area contributed by atoms with Crippen molar-refractivity contribution in [1.29, 1.82) is 0 Å². The van der Waals surface area contributed by atoms with Gasteiger partial charge in [-0.1, -0.05) is 11.8 Å². The number of halogens is 5. The number of benzene rings is 1. The summed E-state index contributed by atoms with van der Waals surface area (Å²) in [6.45, 7) is 0.232. The minimum atomic E-state index is -4.55. The highest BCUT2D eigenvalue weighted by Crippen LogP contribution is 2.45. The lowest BCUT2D eigenvalue weighted by molar-refractivity contribution is -0.132. The van der Waals surface area contributed by atoms with Crippen molar-refractivity contribution in [3.05, 3.63) is 47.7 Å². The molecule has 2 heterocycles. The first-order valence-corrected chi connectivity index (χ1v) is 9.60. The molecular formula is C18H16F5N5O2S. The zero-order valence-electron chi connectivity index (χ0n) is 15.9. The number of carbonyl (C=O) groups excluding carboxylic acids is 1. The molecule has 0 saturated carbocycles. The van der Waals surface area contributed by atoms with Gasteiger partial charge in [-0.05, 0) is 31.5 Å². The zero-order chi connectivity index (χ0) is 22.8. The van der Waals surface area contributed by atoms with Gasteiger partial charge < -0.3 is 15.8 Å². The average Bonchev–Trinajstić information content (AvgIpc) is 2.69. The number of anilines is 1. The molecule has 1 aromatic carbocycles. The smallest absolute Gasteiger partial charge is 0.401 e. The Balaban J connectivity index is 1.86. The number of nitrogens with two attached hydrogens (primary N) is 1. The molecule has 1 aromatic heterocycles. The van der Waals surface area contributed by atoms with E-state index in [1.807, 2.05) is 0 Å². The summed E-state index contributed by atoms with van der Waals surface area (Å²) in [6.07, 6.45) is -2.99. The van der Waals surface area contributed by atoms with Gasteiger partial charge in [-0.2, -0.15) is 13.2 Å². The first kappa shape index (κ1) is 22.7. The molecule has 0 aliphatic carbocycles. The summed E-state index contributed by atoms with van der Waals surface area (Å²) in [5.74, 6) is -1.64. The Labute approximate surface area is 177 Å². The van der Waals surface area contributed by atoms with Crippen LogP contribution >= 0.6 is 11.8 Å². The summed E-state index contributed by atoms with van der Waals surface area (Å²) in [7, 11) is 0. The number of hydrogen-bond donors (Lipinski definition) is 2. The van der Waals surface area contributed by atoms with Crippen LogP contribution in [-0.4, -0.2) is 39.3 Å². The van der Waals surface area contributed by atoms with Gasteiger partial charge in [0.05, 0.1) is 17.9 Å².